The third-order valence-corrected chi connectivity index (χ3v) is 0.447. The van der Waals surface area contributed by atoms with Crippen LogP contribution in [0.1, 0.15) is 13.8 Å². The van der Waals surface area contributed by atoms with Gasteiger partial charge in [0.15, 0.2) is 0 Å². The topological polar surface area (TPSA) is 12.4 Å². The van der Waals surface area contributed by atoms with Crippen LogP contribution in [-0.2, 0) is 0 Å². The Labute approximate surface area is 45.8 Å². The maximum absolute atomic E-state index is 3.81. The SMILES string of the molecule is C=C.CN=C(C)C. The Balaban J connectivity index is 0. The smallest absolute Gasteiger partial charge is 0.0276 e. The first-order valence-electron chi connectivity index (χ1n) is 2.17. The highest BCUT2D eigenvalue weighted by Gasteiger charge is 1.62. The quantitative estimate of drug-likeness (QED) is 0.325. The Hall–Kier alpha value is -0.590. The maximum Gasteiger partial charge on any atom is 0.0276 e. The predicted octanol–water partition coefficient (Wildman–Crippen LogP) is 1.90. The van der Waals surface area contributed by atoms with E-state index >= 15 is 0 Å². The minimum atomic E-state index is 1.13. The zero-order valence-corrected chi connectivity index (χ0v) is 5.36. The lowest BCUT2D eigenvalue weighted by Crippen LogP contribution is -1.74. The second-order valence-corrected chi connectivity index (χ2v) is 1.17. The molecule has 0 saturated carbocycles. The third kappa shape index (κ3) is 31.6. The molecule has 0 fully saturated rings. The summed E-state index contributed by atoms with van der Waals surface area (Å²) in [6, 6.07) is 0. The molecule has 0 bridgehead atoms. The van der Waals surface area contributed by atoms with Gasteiger partial charge in [-0.1, -0.05) is 0 Å². The van der Waals surface area contributed by atoms with Gasteiger partial charge in [-0.2, -0.15) is 0 Å². The van der Waals surface area contributed by atoms with Crippen LogP contribution in [0, 0.1) is 0 Å². The van der Waals surface area contributed by atoms with E-state index in [1.165, 1.54) is 0 Å². The lowest BCUT2D eigenvalue weighted by molar-refractivity contribution is 1.41. The summed E-state index contributed by atoms with van der Waals surface area (Å²) in [6.07, 6.45) is 0. The average Bonchev–Trinajstić information content (AvgIpc) is 1.73. The number of aliphatic imine (C=N–C) groups is 1. The highest BCUT2D eigenvalue weighted by Crippen LogP contribution is 1.63. The van der Waals surface area contributed by atoms with Gasteiger partial charge in [-0.3, -0.25) is 4.99 Å². The van der Waals surface area contributed by atoms with E-state index in [2.05, 4.69) is 18.2 Å². The number of hydrogen-bond acceptors (Lipinski definition) is 1. The molecule has 0 rings (SSSR count). The van der Waals surface area contributed by atoms with Gasteiger partial charge in [0.25, 0.3) is 0 Å². The monoisotopic (exact) mass is 99.1 g/mol. The minimum absolute atomic E-state index is 1.13. The van der Waals surface area contributed by atoms with Gasteiger partial charge in [-0.05, 0) is 13.8 Å². The average molecular weight is 99.2 g/mol. The molecular weight excluding hydrogens is 86.1 g/mol. The van der Waals surface area contributed by atoms with Gasteiger partial charge in [0.1, 0.15) is 0 Å². The van der Waals surface area contributed by atoms with Gasteiger partial charge in [-0.25, -0.2) is 0 Å². The van der Waals surface area contributed by atoms with E-state index in [0.29, 0.717) is 0 Å². The van der Waals surface area contributed by atoms with Crippen molar-refractivity contribution in [2.45, 2.75) is 13.8 Å². The Morgan fingerprint density at radius 2 is 1.43 bits per heavy atom. The van der Waals surface area contributed by atoms with E-state index in [9.17, 15) is 0 Å². The van der Waals surface area contributed by atoms with Crippen LogP contribution >= 0.6 is 0 Å². The maximum atomic E-state index is 3.81. The molecule has 0 aromatic carbocycles. The van der Waals surface area contributed by atoms with Gasteiger partial charge < -0.3 is 0 Å². The van der Waals surface area contributed by atoms with Gasteiger partial charge in [-0.15, -0.1) is 13.2 Å². The largest absolute Gasteiger partial charge is 0.298 e. The van der Waals surface area contributed by atoms with Crippen LogP contribution in [0.5, 0.6) is 0 Å². The fraction of sp³-hybridized carbons (Fsp3) is 0.500. The van der Waals surface area contributed by atoms with E-state index in [1.54, 1.807) is 7.05 Å². The van der Waals surface area contributed by atoms with E-state index in [1.807, 2.05) is 13.8 Å². The van der Waals surface area contributed by atoms with Crippen LogP contribution in [-0.4, -0.2) is 12.8 Å². The molecule has 0 aliphatic rings. The van der Waals surface area contributed by atoms with Crippen molar-refractivity contribution >= 4 is 5.71 Å². The van der Waals surface area contributed by atoms with E-state index in [0.717, 1.165) is 5.71 Å². The molecule has 1 nitrogen and oxygen atoms in total. The van der Waals surface area contributed by atoms with Crippen LogP contribution in [0.2, 0.25) is 0 Å². The van der Waals surface area contributed by atoms with Crippen molar-refractivity contribution in [3.8, 4) is 0 Å². The summed E-state index contributed by atoms with van der Waals surface area (Å²) in [7, 11) is 1.79. The van der Waals surface area contributed by atoms with Crippen molar-refractivity contribution in [3.05, 3.63) is 13.2 Å². The molecule has 0 atom stereocenters. The molecule has 0 saturated heterocycles. The summed E-state index contributed by atoms with van der Waals surface area (Å²) in [6.45, 7) is 9.94. The molecule has 0 aromatic rings. The van der Waals surface area contributed by atoms with Crippen LogP contribution in [0.3, 0.4) is 0 Å². The van der Waals surface area contributed by atoms with Crippen molar-refractivity contribution in [2.75, 3.05) is 7.05 Å². The Bertz CT molecular complexity index is 51.2. The summed E-state index contributed by atoms with van der Waals surface area (Å²) in [5.41, 5.74) is 1.13. The summed E-state index contributed by atoms with van der Waals surface area (Å²) >= 11 is 0. The molecular formula is C6H13N. The van der Waals surface area contributed by atoms with E-state index in [4.69, 9.17) is 0 Å². The van der Waals surface area contributed by atoms with Crippen LogP contribution in [0.15, 0.2) is 18.2 Å². The Morgan fingerprint density at radius 3 is 1.43 bits per heavy atom. The third-order valence-electron chi connectivity index (χ3n) is 0.447. The first-order chi connectivity index (χ1) is 3.27. The summed E-state index contributed by atoms with van der Waals surface area (Å²) in [4.78, 5) is 3.81. The van der Waals surface area contributed by atoms with Crippen molar-refractivity contribution < 1.29 is 0 Å². The fourth-order valence-corrected chi connectivity index (χ4v) is 0. The predicted molar refractivity (Wildman–Crippen MR) is 36.0 cm³/mol. The second kappa shape index (κ2) is 9.05. The number of rotatable bonds is 0. The van der Waals surface area contributed by atoms with Crippen molar-refractivity contribution in [1.82, 2.24) is 0 Å². The lowest BCUT2D eigenvalue weighted by atomic mass is 10.5. The molecule has 0 spiro atoms. The highest BCUT2D eigenvalue weighted by molar-refractivity contribution is 5.78. The zero-order chi connectivity index (χ0) is 6.28. The molecule has 0 aliphatic carbocycles. The zero-order valence-electron chi connectivity index (χ0n) is 5.36. The molecule has 0 N–H and O–H groups in total. The van der Waals surface area contributed by atoms with Crippen molar-refractivity contribution in [2.24, 2.45) is 4.99 Å². The number of nitrogens with zero attached hydrogens (tertiary/aromatic N) is 1. The van der Waals surface area contributed by atoms with Crippen LogP contribution in [0.25, 0.3) is 0 Å². The van der Waals surface area contributed by atoms with Gasteiger partial charge in [0.2, 0.25) is 0 Å². The Morgan fingerprint density at radius 1 is 1.29 bits per heavy atom. The van der Waals surface area contributed by atoms with E-state index < -0.39 is 0 Å². The first-order valence-corrected chi connectivity index (χ1v) is 2.17. The standard InChI is InChI=1S/C4H9N.C2H4/c1-4(2)5-3;1-2/h1-3H3;1-2H2. The normalized spacial score (nSPS) is 5.57. The molecule has 42 valence electrons. The van der Waals surface area contributed by atoms with Crippen LogP contribution < -0.4 is 0 Å². The molecule has 0 unspecified atom stereocenters. The summed E-state index contributed by atoms with van der Waals surface area (Å²) in [5, 5.41) is 0. The molecule has 7 heavy (non-hydrogen) atoms. The summed E-state index contributed by atoms with van der Waals surface area (Å²) in [5.74, 6) is 0. The molecule has 0 heterocycles. The summed E-state index contributed by atoms with van der Waals surface area (Å²) < 4.78 is 0. The Kier molecular flexibility index (Phi) is 12.5. The second-order valence-electron chi connectivity index (χ2n) is 1.17. The van der Waals surface area contributed by atoms with Crippen LogP contribution in [0.4, 0.5) is 0 Å². The van der Waals surface area contributed by atoms with Gasteiger partial charge >= 0.3 is 0 Å². The molecule has 0 radical (unpaired) electrons. The molecule has 0 aliphatic heterocycles. The molecule has 0 aromatic heterocycles. The molecule has 0 amide bonds. The van der Waals surface area contributed by atoms with Gasteiger partial charge in [0, 0.05) is 12.8 Å². The highest BCUT2D eigenvalue weighted by atomic mass is 14.7. The van der Waals surface area contributed by atoms with Gasteiger partial charge in [0.05, 0.1) is 0 Å². The van der Waals surface area contributed by atoms with Crippen molar-refractivity contribution in [1.29, 1.82) is 0 Å². The minimum Gasteiger partial charge on any atom is -0.298 e. The first kappa shape index (κ1) is 9.65. The number of hydrogen-bond donors (Lipinski definition) is 0. The fourth-order valence-electron chi connectivity index (χ4n) is 0. The lowest BCUT2D eigenvalue weighted by Gasteiger charge is -1.74. The van der Waals surface area contributed by atoms with E-state index in [-0.39, 0.29) is 0 Å². The van der Waals surface area contributed by atoms with Crippen molar-refractivity contribution in [3.63, 3.8) is 0 Å². The molecule has 1 heteroatoms.